The second-order valence-electron chi connectivity index (χ2n) is 13.9. The smallest absolute Gasteiger partial charge is 0.417 e. The fraction of sp³-hybridized carbons (Fsp3) is 0.677. The maximum Gasteiger partial charge on any atom is 0.417 e. The summed E-state index contributed by atoms with van der Waals surface area (Å²) < 4.78 is 80.4. The summed E-state index contributed by atoms with van der Waals surface area (Å²) in [6.45, 7) is 8.70. The highest BCUT2D eigenvalue weighted by atomic mass is 19.4. The van der Waals surface area contributed by atoms with Gasteiger partial charge in [0.05, 0.1) is 16.8 Å². The first-order valence-electron chi connectivity index (χ1n) is 15.4. The zero-order valence-electron chi connectivity index (χ0n) is 26.4. The molecule has 0 aromatic heterocycles. The number of alkyl halides is 5. The Morgan fingerprint density at radius 1 is 1.13 bits per heavy atom. The average Bonchev–Trinajstić information content (AvgIpc) is 3.86. The van der Waals surface area contributed by atoms with E-state index in [9.17, 15) is 41.1 Å². The van der Waals surface area contributed by atoms with Crippen LogP contribution in [0, 0.1) is 5.41 Å². The highest BCUT2D eigenvalue weighted by Gasteiger charge is 2.61. The van der Waals surface area contributed by atoms with Gasteiger partial charge in [0.15, 0.2) is 5.60 Å². The molecule has 0 bridgehead atoms. The second-order valence-corrected chi connectivity index (χ2v) is 13.9. The third kappa shape index (κ3) is 6.46. The molecular weight excluding hydrogens is 619 g/mol. The van der Waals surface area contributed by atoms with E-state index in [0.29, 0.717) is 38.4 Å². The zero-order valence-corrected chi connectivity index (χ0v) is 26.4. The number of nitrogens with one attached hydrogen (secondary N) is 1. The number of halogens is 5. The monoisotopic (exact) mass is 658 g/mol. The molecule has 1 saturated heterocycles. The minimum absolute atomic E-state index is 0.117. The lowest BCUT2D eigenvalue weighted by molar-refractivity contribution is -0.138. The van der Waals surface area contributed by atoms with Crippen LogP contribution >= 0.6 is 0 Å². The molecule has 2 atom stereocenters. The summed E-state index contributed by atoms with van der Waals surface area (Å²) in [7, 11) is 0. The standard InChI is InChI=1S/C31H39F5N4O6/c1-17(2)40(22-15-29(22)7-6-11-38(16-29)27(44)46-28(3,4)5)25(42)18-13-20-21(14-19(18)31(34,35)36)45-30(8-9-30)26(43)39(20)12-10-37-24(41)23(32)33/h13-14,17,22-23H,6-12,15-16H2,1-5H3,(H,37,41)/t22?,29-/m0/s1. The number of piperidine rings is 1. The average molecular weight is 659 g/mol. The fourth-order valence-electron chi connectivity index (χ4n) is 6.58. The summed E-state index contributed by atoms with van der Waals surface area (Å²) in [5.74, 6) is -3.30. The Morgan fingerprint density at radius 3 is 2.37 bits per heavy atom. The minimum atomic E-state index is -4.96. The molecule has 2 aliphatic heterocycles. The van der Waals surface area contributed by atoms with E-state index in [2.05, 4.69) is 0 Å². The zero-order chi connectivity index (χ0) is 34.0. The van der Waals surface area contributed by atoms with Gasteiger partial charge in [0.25, 0.3) is 17.7 Å². The van der Waals surface area contributed by atoms with Crippen LogP contribution in [-0.2, 0) is 20.5 Å². The summed E-state index contributed by atoms with van der Waals surface area (Å²) in [4.78, 5) is 55.9. The number of amides is 4. The van der Waals surface area contributed by atoms with Crippen molar-refractivity contribution in [1.82, 2.24) is 15.1 Å². The van der Waals surface area contributed by atoms with Crippen LogP contribution in [0.1, 0.15) is 82.6 Å². The number of fused-ring (bicyclic) bond motifs is 1. The number of rotatable bonds is 7. The van der Waals surface area contributed by atoms with Gasteiger partial charge in [-0.1, -0.05) is 0 Å². The molecule has 1 N–H and O–H groups in total. The molecule has 0 radical (unpaired) electrons. The van der Waals surface area contributed by atoms with E-state index < -0.39 is 82.8 Å². The number of ether oxygens (including phenoxy) is 2. The minimum Gasteiger partial charge on any atom is -0.475 e. The number of hydrogen-bond acceptors (Lipinski definition) is 6. The third-order valence-electron chi connectivity index (χ3n) is 8.94. The van der Waals surface area contributed by atoms with E-state index in [1.807, 2.05) is 5.32 Å². The van der Waals surface area contributed by atoms with Crippen LogP contribution < -0.4 is 15.0 Å². The van der Waals surface area contributed by atoms with Gasteiger partial charge in [0.2, 0.25) is 0 Å². The lowest BCUT2D eigenvalue weighted by Crippen LogP contribution is -2.51. The van der Waals surface area contributed by atoms with Gasteiger partial charge in [-0.2, -0.15) is 22.0 Å². The lowest BCUT2D eigenvalue weighted by Gasteiger charge is -2.38. The van der Waals surface area contributed by atoms with Crippen LogP contribution in [-0.4, -0.2) is 89.5 Å². The maximum atomic E-state index is 14.5. The molecule has 2 saturated carbocycles. The van der Waals surface area contributed by atoms with Crippen molar-refractivity contribution in [2.75, 3.05) is 31.1 Å². The SMILES string of the molecule is CC(C)N(C(=O)c1cc2c(cc1C(F)(F)F)OC1(CC1)C(=O)N2CCNC(=O)C(F)F)C1C[C@]12CCCN(C(=O)OC(C)(C)C)C2. The van der Waals surface area contributed by atoms with Gasteiger partial charge in [-0.25, -0.2) is 4.79 Å². The molecule has 5 rings (SSSR count). The summed E-state index contributed by atoms with van der Waals surface area (Å²) >= 11 is 0. The molecule has 1 aromatic rings. The van der Waals surface area contributed by atoms with E-state index in [0.717, 1.165) is 11.0 Å². The maximum absolute atomic E-state index is 14.5. The van der Waals surface area contributed by atoms with E-state index in [1.165, 1.54) is 4.90 Å². The summed E-state index contributed by atoms with van der Waals surface area (Å²) in [6.07, 6.45) is -6.43. The molecule has 1 aromatic carbocycles. The number of carbonyl (C=O) groups excluding carboxylic acids is 4. The number of benzene rings is 1. The van der Waals surface area contributed by atoms with Crippen LogP contribution in [0.15, 0.2) is 12.1 Å². The van der Waals surface area contributed by atoms with Crippen molar-refractivity contribution in [3.63, 3.8) is 0 Å². The summed E-state index contributed by atoms with van der Waals surface area (Å²) in [6, 6.07) is 0.724. The second kappa shape index (κ2) is 11.5. The van der Waals surface area contributed by atoms with Crippen LogP contribution in [0.4, 0.5) is 32.4 Å². The molecule has 2 spiro atoms. The third-order valence-corrected chi connectivity index (χ3v) is 8.94. The van der Waals surface area contributed by atoms with Gasteiger partial charge in [-0.05, 0) is 66.0 Å². The number of anilines is 1. The molecule has 15 heteroatoms. The molecular formula is C31H39F5N4O6. The van der Waals surface area contributed by atoms with Gasteiger partial charge >= 0.3 is 18.7 Å². The molecule has 254 valence electrons. The molecule has 46 heavy (non-hydrogen) atoms. The largest absolute Gasteiger partial charge is 0.475 e. The van der Waals surface area contributed by atoms with Gasteiger partial charge in [0, 0.05) is 56.5 Å². The Bertz CT molecular complexity index is 1420. The van der Waals surface area contributed by atoms with Crippen LogP contribution in [0.25, 0.3) is 0 Å². The first kappa shape index (κ1) is 33.7. The van der Waals surface area contributed by atoms with Crippen LogP contribution in [0.5, 0.6) is 5.75 Å². The Hall–Kier alpha value is -3.65. The number of likely N-dealkylation sites (tertiary alicyclic amines) is 1. The van der Waals surface area contributed by atoms with E-state index >= 15 is 0 Å². The first-order chi connectivity index (χ1) is 21.3. The Kier molecular flexibility index (Phi) is 8.46. The predicted octanol–water partition coefficient (Wildman–Crippen LogP) is 4.98. The van der Waals surface area contributed by atoms with Crippen molar-refractivity contribution in [3.05, 3.63) is 23.3 Å². The van der Waals surface area contributed by atoms with Crippen molar-refractivity contribution in [3.8, 4) is 5.75 Å². The van der Waals surface area contributed by atoms with Gasteiger partial charge in [0.1, 0.15) is 11.4 Å². The Balaban J connectivity index is 1.47. The fourth-order valence-corrected chi connectivity index (χ4v) is 6.58. The Morgan fingerprint density at radius 2 is 1.80 bits per heavy atom. The highest BCUT2D eigenvalue weighted by molar-refractivity contribution is 6.07. The summed E-state index contributed by atoms with van der Waals surface area (Å²) in [5.41, 5.74) is -4.63. The summed E-state index contributed by atoms with van der Waals surface area (Å²) in [5, 5.41) is 2.00. The number of hydrogen-bond donors (Lipinski definition) is 1. The lowest BCUT2D eigenvalue weighted by atomic mass is 9.93. The van der Waals surface area contributed by atoms with E-state index in [4.69, 9.17) is 9.47 Å². The van der Waals surface area contributed by atoms with Gasteiger partial charge in [-0.3, -0.25) is 14.4 Å². The quantitative estimate of drug-likeness (QED) is 0.414. The highest BCUT2D eigenvalue weighted by Crippen LogP contribution is 2.57. The molecule has 4 aliphatic rings. The molecule has 1 unspecified atom stereocenters. The van der Waals surface area contributed by atoms with Crippen LogP contribution in [0.2, 0.25) is 0 Å². The normalized spacial score (nSPS) is 23.4. The van der Waals surface area contributed by atoms with E-state index in [1.54, 1.807) is 39.5 Å². The number of nitrogens with zero attached hydrogens (tertiary/aromatic N) is 3. The number of carbonyl (C=O) groups is 4. The van der Waals surface area contributed by atoms with Gasteiger partial charge in [-0.15, -0.1) is 0 Å². The van der Waals surface area contributed by atoms with E-state index in [-0.39, 0.29) is 30.8 Å². The predicted molar refractivity (Wildman–Crippen MR) is 155 cm³/mol. The van der Waals surface area contributed by atoms with Crippen LogP contribution in [0.3, 0.4) is 0 Å². The van der Waals surface area contributed by atoms with Crippen molar-refractivity contribution < 1.29 is 50.6 Å². The van der Waals surface area contributed by atoms with Crippen molar-refractivity contribution in [2.24, 2.45) is 5.41 Å². The van der Waals surface area contributed by atoms with Crippen molar-refractivity contribution >= 4 is 29.5 Å². The molecule has 10 nitrogen and oxygen atoms in total. The topological polar surface area (TPSA) is 108 Å². The molecule has 2 aliphatic carbocycles. The van der Waals surface area contributed by atoms with Crippen molar-refractivity contribution in [1.29, 1.82) is 0 Å². The molecule has 2 heterocycles. The molecule has 4 amide bonds. The molecule has 3 fully saturated rings. The Labute approximate surface area is 263 Å². The van der Waals surface area contributed by atoms with Crippen molar-refractivity contribution in [2.45, 2.75) is 103 Å². The van der Waals surface area contributed by atoms with Gasteiger partial charge < -0.3 is 29.5 Å². The first-order valence-corrected chi connectivity index (χ1v) is 15.4.